The van der Waals surface area contributed by atoms with Crippen LogP contribution in [0.3, 0.4) is 0 Å². The predicted molar refractivity (Wildman–Crippen MR) is 136 cm³/mol. The van der Waals surface area contributed by atoms with Crippen LogP contribution in [0.4, 0.5) is 10.2 Å². The first-order valence-electron chi connectivity index (χ1n) is 12.4. The maximum absolute atomic E-state index is 13.7. The van der Waals surface area contributed by atoms with Crippen LogP contribution in [0.25, 0.3) is 5.69 Å². The van der Waals surface area contributed by atoms with Crippen molar-refractivity contribution in [1.29, 1.82) is 0 Å². The Morgan fingerprint density at radius 2 is 1.65 bits per heavy atom. The summed E-state index contributed by atoms with van der Waals surface area (Å²) in [7, 11) is 0. The molecule has 1 aliphatic rings. The molecule has 3 heterocycles. The number of benzene rings is 1. The zero-order valence-corrected chi connectivity index (χ0v) is 20.9. The standard InChI is InChI=1S/C27H37FN6/c1-5-31-14-16-33(17-15-31)27-26(22(4)30-34(27)25-8-6-24(28)7-9-25)20-32(18-21(2)3)19-23-10-12-29-13-11-23/h6-13,21H,5,14-20H2,1-4H3. The highest BCUT2D eigenvalue weighted by atomic mass is 19.1. The molecule has 0 atom stereocenters. The van der Waals surface area contributed by atoms with Crippen molar-refractivity contribution in [3.8, 4) is 5.69 Å². The number of aryl methyl sites for hydroxylation is 1. The molecular formula is C27H37FN6. The molecule has 1 saturated heterocycles. The van der Waals surface area contributed by atoms with E-state index in [0.29, 0.717) is 5.92 Å². The molecule has 34 heavy (non-hydrogen) atoms. The van der Waals surface area contributed by atoms with E-state index in [1.807, 2.05) is 29.2 Å². The van der Waals surface area contributed by atoms with Crippen molar-refractivity contribution in [2.45, 2.75) is 40.8 Å². The smallest absolute Gasteiger partial charge is 0.137 e. The quantitative estimate of drug-likeness (QED) is 0.466. The molecule has 4 rings (SSSR count). The van der Waals surface area contributed by atoms with E-state index in [2.05, 4.69) is 59.5 Å². The Hall–Kier alpha value is -2.77. The number of halogens is 1. The van der Waals surface area contributed by atoms with Crippen molar-refractivity contribution in [1.82, 2.24) is 24.6 Å². The van der Waals surface area contributed by atoms with Crippen LogP contribution in [-0.2, 0) is 13.1 Å². The van der Waals surface area contributed by atoms with Crippen LogP contribution in [0.5, 0.6) is 0 Å². The van der Waals surface area contributed by atoms with Crippen LogP contribution < -0.4 is 4.90 Å². The predicted octanol–water partition coefficient (Wildman–Crippen LogP) is 4.51. The summed E-state index contributed by atoms with van der Waals surface area (Å²) in [6.07, 6.45) is 3.72. The zero-order chi connectivity index (χ0) is 24.1. The topological polar surface area (TPSA) is 40.4 Å². The lowest BCUT2D eigenvalue weighted by atomic mass is 10.1. The van der Waals surface area contributed by atoms with Gasteiger partial charge in [-0.25, -0.2) is 9.07 Å². The molecule has 0 unspecified atom stereocenters. The van der Waals surface area contributed by atoms with Gasteiger partial charge in [-0.15, -0.1) is 0 Å². The second kappa shape index (κ2) is 11.1. The van der Waals surface area contributed by atoms with Gasteiger partial charge in [-0.1, -0.05) is 20.8 Å². The second-order valence-electron chi connectivity index (χ2n) is 9.62. The summed E-state index contributed by atoms with van der Waals surface area (Å²) < 4.78 is 15.7. The van der Waals surface area contributed by atoms with E-state index in [0.717, 1.165) is 69.6 Å². The van der Waals surface area contributed by atoms with Gasteiger partial charge in [0.1, 0.15) is 11.6 Å². The van der Waals surface area contributed by atoms with E-state index in [1.54, 1.807) is 0 Å². The molecule has 0 bridgehead atoms. The lowest BCUT2D eigenvalue weighted by Crippen LogP contribution is -2.47. The minimum Gasteiger partial charge on any atom is -0.354 e. The molecule has 2 aromatic heterocycles. The van der Waals surface area contributed by atoms with E-state index in [1.165, 1.54) is 23.3 Å². The summed E-state index contributed by atoms with van der Waals surface area (Å²) in [5.41, 5.74) is 4.44. The van der Waals surface area contributed by atoms with Crippen molar-refractivity contribution in [2.24, 2.45) is 5.92 Å². The first-order valence-corrected chi connectivity index (χ1v) is 12.4. The molecule has 1 fully saturated rings. The molecule has 6 nitrogen and oxygen atoms in total. The van der Waals surface area contributed by atoms with E-state index in [4.69, 9.17) is 5.10 Å². The Morgan fingerprint density at radius 1 is 0.971 bits per heavy atom. The Kier molecular flexibility index (Phi) is 7.95. The number of anilines is 1. The number of hydrogen-bond donors (Lipinski definition) is 0. The molecule has 3 aromatic rings. The Labute approximate surface area is 203 Å². The molecule has 0 aliphatic carbocycles. The van der Waals surface area contributed by atoms with Gasteiger partial charge in [0, 0.05) is 63.8 Å². The fraction of sp³-hybridized carbons (Fsp3) is 0.481. The van der Waals surface area contributed by atoms with Gasteiger partial charge in [-0.2, -0.15) is 5.10 Å². The van der Waals surface area contributed by atoms with Gasteiger partial charge in [0.25, 0.3) is 0 Å². The van der Waals surface area contributed by atoms with Crippen LogP contribution in [0.2, 0.25) is 0 Å². The number of nitrogens with zero attached hydrogens (tertiary/aromatic N) is 6. The van der Waals surface area contributed by atoms with Gasteiger partial charge in [-0.3, -0.25) is 9.88 Å². The molecule has 7 heteroatoms. The highest BCUT2D eigenvalue weighted by Gasteiger charge is 2.26. The van der Waals surface area contributed by atoms with E-state index in [9.17, 15) is 4.39 Å². The van der Waals surface area contributed by atoms with Crippen LogP contribution in [0.1, 0.15) is 37.6 Å². The largest absolute Gasteiger partial charge is 0.354 e. The molecule has 0 saturated carbocycles. The normalized spacial score (nSPS) is 15.0. The third-order valence-corrected chi connectivity index (χ3v) is 6.51. The number of likely N-dealkylation sites (N-methyl/N-ethyl adjacent to an activating group) is 1. The lowest BCUT2D eigenvalue weighted by Gasteiger charge is -2.36. The lowest BCUT2D eigenvalue weighted by molar-refractivity contribution is 0.226. The van der Waals surface area contributed by atoms with Gasteiger partial charge < -0.3 is 9.80 Å². The highest BCUT2D eigenvalue weighted by Crippen LogP contribution is 2.30. The van der Waals surface area contributed by atoms with Crippen molar-refractivity contribution in [3.63, 3.8) is 0 Å². The fourth-order valence-electron chi connectivity index (χ4n) is 4.77. The summed E-state index contributed by atoms with van der Waals surface area (Å²) in [6.45, 7) is 16.6. The van der Waals surface area contributed by atoms with E-state index in [-0.39, 0.29) is 5.82 Å². The van der Waals surface area contributed by atoms with Crippen molar-refractivity contribution in [2.75, 3.05) is 44.2 Å². The molecular weight excluding hydrogens is 427 g/mol. The molecule has 1 aliphatic heterocycles. The zero-order valence-electron chi connectivity index (χ0n) is 20.9. The molecule has 0 spiro atoms. The fourth-order valence-corrected chi connectivity index (χ4v) is 4.77. The Morgan fingerprint density at radius 3 is 2.26 bits per heavy atom. The molecule has 182 valence electrons. The molecule has 0 radical (unpaired) electrons. The summed E-state index contributed by atoms with van der Waals surface area (Å²) >= 11 is 0. The maximum atomic E-state index is 13.7. The number of rotatable bonds is 9. The number of aromatic nitrogens is 3. The molecule has 0 amide bonds. The first kappa shape index (κ1) is 24.4. The third kappa shape index (κ3) is 5.83. The van der Waals surface area contributed by atoms with Crippen LogP contribution >= 0.6 is 0 Å². The number of pyridine rings is 1. The average Bonchev–Trinajstić information content (AvgIpc) is 3.15. The van der Waals surface area contributed by atoms with Gasteiger partial charge in [0.05, 0.1) is 11.4 Å². The molecule has 0 N–H and O–H groups in total. The summed E-state index contributed by atoms with van der Waals surface area (Å²) in [5, 5.41) is 4.97. The van der Waals surface area contributed by atoms with Gasteiger partial charge >= 0.3 is 0 Å². The third-order valence-electron chi connectivity index (χ3n) is 6.51. The van der Waals surface area contributed by atoms with Crippen LogP contribution in [0, 0.1) is 18.7 Å². The van der Waals surface area contributed by atoms with Crippen molar-refractivity contribution < 1.29 is 4.39 Å². The highest BCUT2D eigenvalue weighted by molar-refractivity contribution is 5.56. The summed E-state index contributed by atoms with van der Waals surface area (Å²) in [6, 6.07) is 10.8. The Bertz CT molecular complexity index is 1040. The first-order chi connectivity index (χ1) is 16.4. The molecule has 1 aromatic carbocycles. The van der Waals surface area contributed by atoms with E-state index < -0.39 is 0 Å². The monoisotopic (exact) mass is 464 g/mol. The summed E-state index contributed by atoms with van der Waals surface area (Å²) in [4.78, 5) is 11.6. The van der Waals surface area contributed by atoms with E-state index >= 15 is 0 Å². The minimum atomic E-state index is -0.230. The van der Waals surface area contributed by atoms with Crippen molar-refractivity contribution in [3.05, 3.63) is 71.4 Å². The SMILES string of the molecule is CCN1CCN(c2c(CN(Cc3ccncc3)CC(C)C)c(C)nn2-c2ccc(F)cc2)CC1. The van der Waals surface area contributed by atoms with Crippen LogP contribution in [-0.4, -0.2) is 63.8 Å². The Balaban J connectivity index is 1.70. The minimum absolute atomic E-state index is 0.230. The maximum Gasteiger partial charge on any atom is 0.137 e. The summed E-state index contributed by atoms with van der Waals surface area (Å²) in [5.74, 6) is 1.46. The van der Waals surface area contributed by atoms with Crippen LogP contribution in [0.15, 0.2) is 48.8 Å². The van der Waals surface area contributed by atoms with Crippen molar-refractivity contribution >= 4 is 5.82 Å². The number of hydrogen-bond acceptors (Lipinski definition) is 5. The second-order valence-corrected chi connectivity index (χ2v) is 9.62. The van der Waals surface area contributed by atoms with Gasteiger partial charge in [0.15, 0.2) is 0 Å². The van der Waals surface area contributed by atoms with Gasteiger partial charge in [0.2, 0.25) is 0 Å². The number of piperazine rings is 1. The van der Waals surface area contributed by atoms with Gasteiger partial charge in [-0.05, 0) is 61.3 Å². The average molecular weight is 465 g/mol.